The molecule has 4 N–H and O–H groups in total. The van der Waals surface area contributed by atoms with Crippen LogP contribution in [0.25, 0.3) is 0 Å². The van der Waals surface area contributed by atoms with Gasteiger partial charge >= 0.3 is 0 Å². The first-order valence-electron chi connectivity index (χ1n) is 10.1. The van der Waals surface area contributed by atoms with Crippen molar-refractivity contribution in [3.05, 3.63) is 41.0 Å². The number of rotatable bonds is 7. The molecule has 1 fully saturated rings. The van der Waals surface area contributed by atoms with Crippen LogP contribution in [0.5, 0.6) is 17.2 Å². The van der Waals surface area contributed by atoms with Gasteiger partial charge in [-0.15, -0.1) is 5.10 Å². The van der Waals surface area contributed by atoms with Crippen molar-refractivity contribution in [2.45, 2.75) is 50.0 Å². The fourth-order valence-corrected chi connectivity index (χ4v) is 5.28. The smallest absolute Gasteiger partial charge is 0.267 e. The van der Waals surface area contributed by atoms with Crippen LogP contribution in [-0.4, -0.2) is 40.2 Å². The molecular weight excluding hydrogens is 420 g/mol. The second-order valence-corrected chi connectivity index (χ2v) is 9.55. The summed E-state index contributed by atoms with van der Waals surface area (Å²) in [5, 5.41) is 27.2. The van der Waals surface area contributed by atoms with E-state index in [0.29, 0.717) is 17.4 Å². The summed E-state index contributed by atoms with van der Waals surface area (Å²) in [4.78, 5) is -0.179. The molecule has 1 heterocycles. The molecule has 2 aliphatic rings. The summed E-state index contributed by atoms with van der Waals surface area (Å²) in [5.74, 6) is 1.14. The summed E-state index contributed by atoms with van der Waals surface area (Å²) >= 11 is 0. The van der Waals surface area contributed by atoms with Crippen LogP contribution in [0.2, 0.25) is 0 Å². The van der Waals surface area contributed by atoms with Crippen molar-refractivity contribution in [3.8, 4) is 17.2 Å². The number of phenolic OH excluding ortho intramolecular Hbond substituents is 1. The first-order chi connectivity index (χ1) is 14.9. The molecule has 0 spiro atoms. The third-order valence-corrected chi connectivity index (χ3v) is 7.02. The summed E-state index contributed by atoms with van der Waals surface area (Å²) < 4.78 is 34.0. The molecule has 0 saturated heterocycles. The number of aromatic hydroxyl groups is 1. The number of phenols is 1. The molecule has 3 aromatic rings. The van der Waals surface area contributed by atoms with Crippen molar-refractivity contribution in [2.24, 2.45) is 0 Å². The summed E-state index contributed by atoms with van der Waals surface area (Å²) in [7, 11) is -3.81. The minimum absolute atomic E-state index is 0.0567. The molecule has 1 aromatic heterocycles. The average molecular weight is 443 g/mol. The van der Waals surface area contributed by atoms with Crippen LogP contribution in [0.15, 0.2) is 29.2 Å². The fraction of sp³-hybridized carbons (Fsp3) is 0.350. The van der Waals surface area contributed by atoms with Crippen molar-refractivity contribution in [1.29, 1.82) is 0 Å². The molecule has 0 unspecified atom stereocenters. The van der Waals surface area contributed by atoms with E-state index in [1.165, 1.54) is 12.1 Å². The SMILES string of the molecule is Cc1cc(Nc2nn[nH]n2)c2c(c1Oc1ccc(O)c(S(=O)(=O)NC3CC3)c1)CCC2. The maximum Gasteiger partial charge on any atom is 0.267 e. The third kappa shape index (κ3) is 3.93. The number of aryl methyl sites for hydroxylation is 1. The monoisotopic (exact) mass is 442 g/mol. The van der Waals surface area contributed by atoms with Gasteiger partial charge in [0, 0.05) is 23.4 Å². The zero-order valence-corrected chi connectivity index (χ0v) is 17.7. The molecular formula is C20H22N6O4S. The molecule has 11 heteroatoms. The van der Waals surface area contributed by atoms with Gasteiger partial charge in [-0.2, -0.15) is 5.21 Å². The summed E-state index contributed by atoms with van der Waals surface area (Å²) in [5.41, 5.74) is 3.98. The van der Waals surface area contributed by atoms with Gasteiger partial charge in [0.2, 0.25) is 10.0 Å². The number of aromatic nitrogens is 4. The minimum atomic E-state index is -3.81. The number of hydrogen-bond acceptors (Lipinski definition) is 8. The number of H-pyrrole nitrogens is 1. The Balaban J connectivity index is 1.48. The molecule has 0 amide bonds. The number of anilines is 2. The van der Waals surface area contributed by atoms with E-state index in [1.807, 2.05) is 13.0 Å². The number of benzene rings is 2. The van der Waals surface area contributed by atoms with Crippen molar-refractivity contribution in [3.63, 3.8) is 0 Å². The van der Waals surface area contributed by atoms with E-state index in [9.17, 15) is 13.5 Å². The molecule has 2 aliphatic carbocycles. The Kier molecular flexibility index (Phi) is 4.78. The minimum Gasteiger partial charge on any atom is -0.507 e. The molecule has 0 bridgehead atoms. The lowest BCUT2D eigenvalue weighted by molar-refractivity contribution is 0.445. The Hall–Kier alpha value is -3.18. The number of sulfonamides is 1. The normalized spacial score (nSPS) is 15.6. The van der Waals surface area contributed by atoms with Crippen molar-refractivity contribution in [1.82, 2.24) is 25.3 Å². The predicted molar refractivity (Wildman–Crippen MR) is 112 cm³/mol. The summed E-state index contributed by atoms with van der Waals surface area (Å²) in [6.07, 6.45) is 4.33. The number of hydrogen-bond donors (Lipinski definition) is 4. The van der Waals surface area contributed by atoms with Gasteiger partial charge in [-0.25, -0.2) is 13.1 Å². The van der Waals surface area contributed by atoms with Crippen molar-refractivity contribution < 1.29 is 18.3 Å². The maximum absolute atomic E-state index is 12.6. The molecule has 1 saturated carbocycles. The van der Waals surface area contributed by atoms with Crippen LogP contribution < -0.4 is 14.8 Å². The molecule has 5 rings (SSSR count). The molecule has 0 radical (unpaired) electrons. The summed E-state index contributed by atoms with van der Waals surface area (Å²) in [6.45, 7) is 1.93. The average Bonchev–Trinajstić information content (AvgIpc) is 3.18. The van der Waals surface area contributed by atoms with Gasteiger partial charge in [0.25, 0.3) is 5.95 Å². The third-order valence-electron chi connectivity index (χ3n) is 5.47. The van der Waals surface area contributed by atoms with E-state index in [0.717, 1.165) is 54.5 Å². The van der Waals surface area contributed by atoms with Gasteiger partial charge in [-0.1, -0.05) is 5.10 Å². The van der Waals surface area contributed by atoms with Crippen LogP contribution in [-0.2, 0) is 22.9 Å². The van der Waals surface area contributed by atoms with E-state index >= 15 is 0 Å². The molecule has 2 aromatic carbocycles. The van der Waals surface area contributed by atoms with E-state index < -0.39 is 10.0 Å². The highest BCUT2D eigenvalue weighted by Gasteiger charge is 2.30. The highest BCUT2D eigenvalue weighted by molar-refractivity contribution is 7.89. The van der Waals surface area contributed by atoms with Crippen molar-refractivity contribution in [2.75, 3.05) is 5.32 Å². The van der Waals surface area contributed by atoms with Gasteiger partial charge < -0.3 is 15.2 Å². The molecule has 162 valence electrons. The van der Waals surface area contributed by atoms with Gasteiger partial charge in [-0.05, 0) is 73.6 Å². The number of fused-ring (bicyclic) bond motifs is 1. The Labute approximate surface area is 179 Å². The van der Waals surface area contributed by atoms with E-state index in [4.69, 9.17) is 4.74 Å². The lowest BCUT2D eigenvalue weighted by atomic mass is 10.0. The lowest BCUT2D eigenvalue weighted by Gasteiger charge is -2.18. The van der Waals surface area contributed by atoms with Gasteiger partial charge in [0.15, 0.2) is 0 Å². The number of ether oxygens (including phenoxy) is 1. The van der Waals surface area contributed by atoms with Crippen LogP contribution in [0.3, 0.4) is 0 Å². The maximum atomic E-state index is 12.6. The number of nitrogens with zero attached hydrogens (tertiary/aromatic N) is 3. The Morgan fingerprint density at radius 2 is 2.00 bits per heavy atom. The molecule has 0 atom stereocenters. The van der Waals surface area contributed by atoms with Gasteiger partial charge in [0.1, 0.15) is 22.1 Å². The van der Waals surface area contributed by atoms with E-state index in [-0.39, 0.29) is 16.7 Å². The molecule has 0 aliphatic heterocycles. The second kappa shape index (κ2) is 7.50. The topological polar surface area (TPSA) is 142 Å². The standard InChI is InChI=1S/C20H22N6O4S/c1-11-9-16(21-20-22-25-26-23-20)14-3-2-4-15(14)19(11)30-13-7-8-17(27)18(10-13)31(28,29)24-12-5-6-12/h7-10,12,24,27H,2-6H2,1H3,(H2,21,22,23,25,26). The highest BCUT2D eigenvalue weighted by Crippen LogP contribution is 2.42. The Morgan fingerprint density at radius 1 is 1.19 bits per heavy atom. The molecule has 31 heavy (non-hydrogen) atoms. The Bertz CT molecular complexity index is 1240. The van der Waals surface area contributed by atoms with Crippen molar-refractivity contribution >= 4 is 21.7 Å². The van der Waals surface area contributed by atoms with Crippen LogP contribution in [0.4, 0.5) is 11.6 Å². The number of aromatic amines is 1. The van der Waals surface area contributed by atoms with E-state index in [2.05, 4.69) is 30.7 Å². The zero-order valence-electron chi connectivity index (χ0n) is 16.8. The summed E-state index contributed by atoms with van der Waals surface area (Å²) in [6, 6.07) is 6.18. The van der Waals surface area contributed by atoms with Crippen LogP contribution in [0, 0.1) is 6.92 Å². The zero-order chi connectivity index (χ0) is 21.6. The first-order valence-corrected chi connectivity index (χ1v) is 11.6. The quantitative estimate of drug-likeness (QED) is 0.437. The highest BCUT2D eigenvalue weighted by atomic mass is 32.2. The number of tetrazole rings is 1. The Morgan fingerprint density at radius 3 is 2.74 bits per heavy atom. The van der Waals surface area contributed by atoms with Crippen LogP contribution >= 0.6 is 0 Å². The predicted octanol–water partition coefficient (Wildman–Crippen LogP) is 2.68. The van der Waals surface area contributed by atoms with Crippen LogP contribution in [0.1, 0.15) is 36.0 Å². The lowest BCUT2D eigenvalue weighted by Crippen LogP contribution is -2.25. The van der Waals surface area contributed by atoms with Gasteiger partial charge in [-0.3, -0.25) is 0 Å². The molecule has 10 nitrogen and oxygen atoms in total. The van der Waals surface area contributed by atoms with Gasteiger partial charge in [0.05, 0.1) is 0 Å². The van der Waals surface area contributed by atoms with E-state index in [1.54, 1.807) is 6.07 Å². The fourth-order valence-electron chi connectivity index (χ4n) is 3.86. The first kappa shape index (κ1) is 19.8. The number of nitrogens with one attached hydrogen (secondary N) is 3. The second-order valence-electron chi connectivity index (χ2n) is 7.87. The largest absolute Gasteiger partial charge is 0.507 e.